The van der Waals surface area contributed by atoms with Crippen molar-refractivity contribution in [3.8, 4) is 0 Å². The van der Waals surface area contributed by atoms with E-state index in [4.69, 9.17) is 17.3 Å². The largest absolute Gasteiger partial charge is 0.330 e. The van der Waals surface area contributed by atoms with E-state index < -0.39 is 0 Å². The van der Waals surface area contributed by atoms with Gasteiger partial charge in [0.2, 0.25) is 0 Å². The molecule has 0 saturated heterocycles. The molecule has 1 aliphatic rings. The van der Waals surface area contributed by atoms with Gasteiger partial charge >= 0.3 is 0 Å². The molecule has 0 aromatic heterocycles. The molecule has 3 heteroatoms. The Balaban J connectivity index is 2.36. The van der Waals surface area contributed by atoms with E-state index in [1.54, 1.807) is 12.1 Å². The Kier molecular flexibility index (Phi) is 2.50. The molecule has 0 heterocycles. The molecule has 14 heavy (non-hydrogen) atoms. The summed E-state index contributed by atoms with van der Waals surface area (Å²) in [4.78, 5) is 0. The monoisotopic (exact) mass is 213 g/mol. The van der Waals surface area contributed by atoms with Gasteiger partial charge in [-0.3, -0.25) is 0 Å². The van der Waals surface area contributed by atoms with Crippen LogP contribution < -0.4 is 5.73 Å². The van der Waals surface area contributed by atoms with Gasteiger partial charge in [-0.2, -0.15) is 0 Å². The topological polar surface area (TPSA) is 26.0 Å². The highest BCUT2D eigenvalue weighted by atomic mass is 35.5. The van der Waals surface area contributed by atoms with Gasteiger partial charge in [-0.15, -0.1) is 0 Å². The first-order chi connectivity index (χ1) is 6.68. The third-order valence-corrected chi connectivity index (χ3v) is 3.52. The summed E-state index contributed by atoms with van der Waals surface area (Å²) in [5, 5.41) is 0.197. The van der Waals surface area contributed by atoms with Gasteiger partial charge in [0.15, 0.2) is 0 Å². The predicted octanol–water partition coefficient (Wildman–Crippen LogP) is 2.86. The molecular formula is C11H13ClFN. The number of hydrogen-bond acceptors (Lipinski definition) is 1. The van der Waals surface area contributed by atoms with E-state index in [0.717, 1.165) is 18.4 Å². The Labute approximate surface area is 88.1 Å². The van der Waals surface area contributed by atoms with Crippen LogP contribution >= 0.6 is 11.6 Å². The fraction of sp³-hybridized carbons (Fsp3) is 0.455. The van der Waals surface area contributed by atoms with Crippen LogP contribution in [0.2, 0.25) is 5.02 Å². The van der Waals surface area contributed by atoms with Gasteiger partial charge in [-0.1, -0.05) is 24.1 Å². The van der Waals surface area contributed by atoms with Crippen LogP contribution in [0.1, 0.15) is 24.8 Å². The summed E-state index contributed by atoms with van der Waals surface area (Å²) < 4.78 is 12.9. The maximum Gasteiger partial charge on any atom is 0.141 e. The first kappa shape index (κ1) is 9.94. The second-order valence-electron chi connectivity index (χ2n) is 3.97. The van der Waals surface area contributed by atoms with Crippen molar-refractivity contribution in [3.63, 3.8) is 0 Å². The molecule has 0 spiro atoms. The molecule has 1 saturated carbocycles. The molecule has 1 aromatic carbocycles. The van der Waals surface area contributed by atoms with E-state index in [1.807, 2.05) is 0 Å². The summed E-state index contributed by atoms with van der Waals surface area (Å²) >= 11 is 5.74. The lowest BCUT2D eigenvalue weighted by Gasteiger charge is -2.41. The van der Waals surface area contributed by atoms with Crippen LogP contribution in [0.5, 0.6) is 0 Å². The highest BCUT2D eigenvalue weighted by Gasteiger charge is 2.37. The summed E-state index contributed by atoms with van der Waals surface area (Å²) in [6.45, 7) is 0.620. The van der Waals surface area contributed by atoms with Crippen LogP contribution in [0.15, 0.2) is 18.2 Å². The Morgan fingerprint density at radius 3 is 2.57 bits per heavy atom. The Bertz CT molecular complexity index is 342. The molecule has 76 valence electrons. The van der Waals surface area contributed by atoms with Crippen LogP contribution in [-0.4, -0.2) is 6.54 Å². The van der Waals surface area contributed by atoms with Crippen LogP contribution in [0.3, 0.4) is 0 Å². The molecule has 1 aliphatic carbocycles. The van der Waals surface area contributed by atoms with Crippen molar-refractivity contribution < 1.29 is 4.39 Å². The molecular weight excluding hydrogens is 201 g/mol. The lowest BCUT2D eigenvalue weighted by atomic mass is 9.64. The van der Waals surface area contributed by atoms with Gasteiger partial charge in [0, 0.05) is 12.0 Å². The molecule has 0 bridgehead atoms. The van der Waals surface area contributed by atoms with Gasteiger partial charge in [-0.05, 0) is 30.5 Å². The van der Waals surface area contributed by atoms with Crippen molar-refractivity contribution in [3.05, 3.63) is 34.6 Å². The second kappa shape index (κ2) is 3.52. The summed E-state index contributed by atoms with van der Waals surface area (Å²) in [6.07, 6.45) is 3.38. The van der Waals surface area contributed by atoms with E-state index in [2.05, 4.69) is 0 Å². The predicted molar refractivity (Wildman–Crippen MR) is 56.0 cm³/mol. The summed E-state index contributed by atoms with van der Waals surface area (Å²) in [5.74, 6) is -0.359. The van der Waals surface area contributed by atoms with Crippen molar-refractivity contribution in [1.82, 2.24) is 0 Å². The van der Waals surface area contributed by atoms with E-state index in [0.29, 0.717) is 6.54 Å². The van der Waals surface area contributed by atoms with Crippen molar-refractivity contribution in [2.24, 2.45) is 5.73 Å². The lowest BCUT2D eigenvalue weighted by molar-refractivity contribution is 0.253. The fourth-order valence-corrected chi connectivity index (χ4v) is 2.22. The molecule has 1 aromatic rings. The smallest absolute Gasteiger partial charge is 0.141 e. The standard InChI is InChI=1S/C11H13ClFN/c12-9-6-8(2-3-10(9)13)11(7-14)4-1-5-11/h2-3,6H,1,4-5,7,14H2. The van der Waals surface area contributed by atoms with Crippen LogP contribution in [0.4, 0.5) is 4.39 Å². The molecule has 0 unspecified atom stereocenters. The molecule has 0 aliphatic heterocycles. The number of nitrogens with two attached hydrogens (primary N) is 1. The van der Waals surface area contributed by atoms with E-state index in [1.165, 1.54) is 12.5 Å². The molecule has 2 rings (SSSR count). The Morgan fingerprint density at radius 2 is 2.14 bits per heavy atom. The first-order valence-electron chi connectivity index (χ1n) is 4.83. The lowest BCUT2D eigenvalue weighted by Crippen LogP contribution is -2.41. The van der Waals surface area contributed by atoms with Gasteiger partial charge in [0.1, 0.15) is 5.82 Å². The summed E-state index contributed by atoms with van der Waals surface area (Å²) in [7, 11) is 0. The highest BCUT2D eigenvalue weighted by Crippen LogP contribution is 2.43. The minimum Gasteiger partial charge on any atom is -0.330 e. The van der Waals surface area contributed by atoms with Gasteiger partial charge in [-0.25, -0.2) is 4.39 Å². The molecule has 1 nitrogen and oxygen atoms in total. The Morgan fingerprint density at radius 1 is 1.43 bits per heavy atom. The molecule has 2 N–H and O–H groups in total. The van der Waals surface area contributed by atoms with Crippen molar-refractivity contribution in [1.29, 1.82) is 0 Å². The number of benzene rings is 1. The third kappa shape index (κ3) is 1.43. The van der Waals surface area contributed by atoms with Crippen molar-refractivity contribution in [2.75, 3.05) is 6.54 Å². The minimum absolute atomic E-state index is 0.0668. The molecule has 1 fully saturated rings. The molecule has 0 atom stereocenters. The fourth-order valence-electron chi connectivity index (χ4n) is 2.04. The average molecular weight is 214 g/mol. The number of hydrogen-bond donors (Lipinski definition) is 1. The first-order valence-corrected chi connectivity index (χ1v) is 5.21. The zero-order valence-corrected chi connectivity index (χ0v) is 8.65. The van der Waals surface area contributed by atoms with Crippen LogP contribution in [0.25, 0.3) is 0 Å². The zero-order valence-electron chi connectivity index (χ0n) is 7.89. The van der Waals surface area contributed by atoms with Gasteiger partial charge < -0.3 is 5.73 Å². The normalized spacial score (nSPS) is 19.1. The van der Waals surface area contributed by atoms with Crippen LogP contribution in [-0.2, 0) is 5.41 Å². The van der Waals surface area contributed by atoms with E-state index >= 15 is 0 Å². The van der Waals surface area contributed by atoms with E-state index in [-0.39, 0.29) is 16.3 Å². The maximum atomic E-state index is 12.9. The second-order valence-corrected chi connectivity index (χ2v) is 4.37. The Hall–Kier alpha value is -0.600. The average Bonchev–Trinajstić information content (AvgIpc) is 2.10. The summed E-state index contributed by atoms with van der Waals surface area (Å²) in [6, 6.07) is 4.93. The third-order valence-electron chi connectivity index (χ3n) is 3.23. The van der Waals surface area contributed by atoms with Crippen molar-refractivity contribution >= 4 is 11.6 Å². The van der Waals surface area contributed by atoms with E-state index in [9.17, 15) is 4.39 Å². The molecule has 0 radical (unpaired) electrons. The number of rotatable bonds is 2. The minimum atomic E-state index is -0.359. The van der Waals surface area contributed by atoms with Gasteiger partial charge in [0.05, 0.1) is 5.02 Å². The number of halogens is 2. The zero-order chi connectivity index (χ0) is 10.2. The van der Waals surface area contributed by atoms with Gasteiger partial charge in [0.25, 0.3) is 0 Å². The quantitative estimate of drug-likeness (QED) is 0.803. The van der Waals surface area contributed by atoms with Crippen molar-refractivity contribution in [2.45, 2.75) is 24.7 Å². The molecule has 0 amide bonds. The summed E-state index contributed by atoms with van der Waals surface area (Å²) in [5.41, 5.74) is 6.90. The highest BCUT2D eigenvalue weighted by molar-refractivity contribution is 6.30. The SMILES string of the molecule is NCC1(c2ccc(F)c(Cl)c2)CCC1. The van der Waals surface area contributed by atoms with Crippen LogP contribution in [0, 0.1) is 5.82 Å². The maximum absolute atomic E-state index is 12.9.